The molecule has 30 heavy (non-hydrogen) atoms. The summed E-state index contributed by atoms with van der Waals surface area (Å²) in [5.74, 6) is 0. The van der Waals surface area contributed by atoms with Crippen LogP contribution in [-0.4, -0.2) is 55.1 Å². The Balaban J connectivity index is 0.00000256. The molecule has 2 aromatic rings. The fourth-order valence-electron chi connectivity index (χ4n) is 5.23. The van der Waals surface area contributed by atoms with Crippen molar-refractivity contribution in [3.05, 3.63) is 70.7 Å². The van der Waals surface area contributed by atoms with E-state index in [0.29, 0.717) is 12.6 Å². The molecule has 1 aliphatic heterocycles. The first-order chi connectivity index (χ1) is 14.2. The highest BCUT2D eigenvalue weighted by Gasteiger charge is 2.38. The van der Waals surface area contributed by atoms with Gasteiger partial charge in [-0.2, -0.15) is 0 Å². The Kier molecular flexibility index (Phi) is 8.62. The molecule has 2 fully saturated rings. The highest BCUT2D eigenvalue weighted by molar-refractivity contribution is 6.30. The topological polar surface area (TPSA) is 32.5 Å². The molecule has 1 heterocycles. The summed E-state index contributed by atoms with van der Waals surface area (Å²) in [5.41, 5.74) is 9.17. The molecule has 3 nitrogen and oxygen atoms in total. The number of hydrogen-bond acceptors (Lipinski definition) is 3. The van der Waals surface area contributed by atoms with Crippen LogP contribution >= 0.6 is 24.0 Å². The van der Waals surface area contributed by atoms with Crippen LogP contribution < -0.4 is 5.73 Å². The number of nitrogens with zero attached hydrogens (tertiary/aromatic N) is 2. The maximum atomic E-state index is 6.28. The second kappa shape index (κ2) is 11.0. The third kappa shape index (κ3) is 5.57. The van der Waals surface area contributed by atoms with Gasteiger partial charge >= 0.3 is 0 Å². The van der Waals surface area contributed by atoms with E-state index in [0.717, 1.165) is 11.4 Å². The van der Waals surface area contributed by atoms with Crippen molar-refractivity contribution in [2.75, 3.05) is 39.3 Å². The summed E-state index contributed by atoms with van der Waals surface area (Å²) in [6, 6.07) is 19.9. The zero-order valence-electron chi connectivity index (χ0n) is 17.8. The van der Waals surface area contributed by atoms with E-state index in [1.54, 1.807) is 0 Å². The Morgan fingerprint density at radius 1 is 0.933 bits per heavy atom. The van der Waals surface area contributed by atoms with E-state index in [1.165, 1.54) is 69.5 Å². The second-order valence-electron chi connectivity index (χ2n) is 8.84. The lowest BCUT2D eigenvalue weighted by molar-refractivity contribution is 0.0663. The number of benzene rings is 2. The maximum Gasteiger partial charge on any atom is 0.0408 e. The van der Waals surface area contributed by atoms with Crippen molar-refractivity contribution >= 4 is 24.0 Å². The summed E-state index contributed by atoms with van der Waals surface area (Å²) in [5, 5.41) is 0.823. The van der Waals surface area contributed by atoms with Crippen molar-refractivity contribution in [1.82, 2.24) is 9.80 Å². The van der Waals surface area contributed by atoms with Crippen LogP contribution in [0.2, 0.25) is 5.02 Å². The van der Waals surface area contributed by atoms with Crippen LogP contribution in [0.25, 0.3) is 0 Å². The van der Waals surface area contributed by atoms with Gasteiger partial charge in [0.25, 0.3) is 0 Å². The average molecular weight is 448 g/mol. The molecule has 0 unspecified atom stereocenters. The fourth-order valence-corrected chi connectivity index (χ4v) is 5.42. The molecule has 0 amide bonds. The third-order valence-corrected chi connectivity index (χ3v) is 7.46. The Bertz CT molecular complexity index is 767. The molecular weight excluding hydrogens is 413 g/mol. The van der Waals surface area contributed by atoms with Gasteiger partial charge in [0, 0.05) is 55.7 Å². The third-order valence-electron chi connectivity index (χ3n) is 7.22. The highest BCUT2D eigenvalue weighted by Crippen LogP contribution is 2.40. The molecule has 0 radical (unpaired) electrons. The molecule has 2 aliphatic rings. The van der Waals surface area contributed by atoms with E-state index >= 15 is 0 Å². The minimum Gasteiger partial charge on any atom is -0.330 e. The zero-order chi connectivity index (χ0) is 20.1. The van der Waals surface area contributed by atoms with Gasteiger partial charge in [-0.3, -0.25) is 4.90 Å². The lowest BCUT2D eigenvalue weighted by Crippen LogP contribution is -2.53. The van der Waals surface area contributed by atoms with Gasteiger partial charge in [0.05, 0.1) is 0 Å². The molecule has 4 rings (SSSR count). The van der Waals surface area contributed by atoms with Crippen molar-refractivity contribution in [3.63, 3.8) is 0 Å². The van der Waals surface area contributed by atoms with Crippen LogP contribution in [0.1, 0.15) is 36.8 Å². The average Bonchev–Trinajstić information content (AvgIpc) is 2.79. The predicted octanol–water partition coefficient (Wildman–Crippen LogP) is 4.76. The van der Waals surface area contributed by atoms with Gasteiger partial charge in [0.2, 0.25) is 0 Å². The number of hydrogen-bond donors (Lipinski definition) is 1. The predicted molar refractivity (Wildman–Crippen MR) is 130 cm³/mol. The Hall–Kier alpha value is -1.10. The summed E-state index contributed by atoms with van der Waals surface area (Å²) in [4.78, 5) is 5.36. The van der Waals surface area contributed by atoms with Crippen LogP contribution in [0, 0.1) is 0 Å². The van der Waals surface area contributed by atoms with Gasteiger partial charge in [0.1, 0.15) is 0 Å². The van der Waals surface area contributed by atoms with Gasteiger partial charge in [-0.05, 0) is 55.4 Å². The van der Waals surface area contributed by atoms with E-state index in [4.69, 9.17) is 17.3 Å². The van der Waals surface area contributed by atoms with E-state index < -0.39 is 0 Å². The van der Waals surface area contributed by atoms with E-state index in [1.807, 2.05) is 6.07 Å². The van der Waals surface area contributed by atoms with Gasteiger partial charge < -0.3 is 10.6 Å². The number of nitrogens with two attached hydrogens (primary N) is 1. The quantitative estimate of drug-likeness (QED) is 0.692. The Morgan fingerprint density at radius 3 is 2.27 bits per heavy atom. The smallest absolute Gasteiger partial charge is 0.0408 e. The molecule has 2 N–H and O–H groups in total. The molecule has 0 aromatic heterocycles. The van der Waals surface area contributed by atoms with Crippen molar-refractivity contribution in [2.45, 2.75) is 43.6 Å². The highest BCUT2D eigenvalue weighted by atomic mass is 35.5. The summed E-state index contributed by atoms with van der Waals surface area (Å²) < 4.78 is 0. The van der Waals surface area contributed by atoms with E-state index in [2.05, 4.69) is 58.3 Å². The largest absolute Gasteiger partial charge is 0.330 e. The van der Waals surface area contributed by atoms with Crippen molar-refractivity contribution < 1.29 is 0 Å². The molecule has 1 saturated heterocycles. The first kappa shape index (κ1) is 23.6. The number of halogens is 2. The van der Waals surface area contributed by atoms with Crippen molar-refractivity contribution in [2.24, 2.45) is 5.73 Å². The molecule has 0 spiro atoms. The van der Waals surface area contributed by atoms with Crippen molar-refractivity contribution in [1.29, 1.82) is 0 Å². The van der Waals surface area contributed by atoms with Gasteiger partial charge in [0.15, 0.2) is 0 Å². The van der Waals surface area contributed by atoms with E-state index in [9.17, 15) is 0 Å². The van der Waals surface area contributed by atoms with Crippen LogP contribution in [0.5, 0.6) is 0 Å². The minimum absolute atomic E-state index is 0. The van der Waals surface area contributed by atoms with Crippen LogP contribution in [0.15, 0.2) is 54.6 Å². The minimum atomic E-state index is 0. The fraction of sp³-hybridized carbons (Fsp3) is 0.520. The second-order valence-corrected chi connectivity index (χ2v) is 9.28. The van der Waals surface area contributed by atoms with Gasteiger partial charge in [-0.15, -0.1) is 12.4 Å². The normalized spacial score (nSPS) is 25.6. The summed E-state index contributed by atoms with van der Waals surface area (Å²) >= 11 is 6.26. The Labute approximate surface area is 193 Å². The van der Waals surface area contributed by atoms with Crippen molar-refractivity contribution in [3.8, 4) is 0 Å². The maximum absolute atomic E-state index is 6.28. The van der Waals surface area contributed by atoms with E-state index in [-0.39, 0.29) is 17.8 Å². The van der Waals surface area contributed by atoms with Gasteiger partial charge in [-0.1, -0.05) is 54.1 Å². The van der Waals surface area contributed by atoms with Crippen LogP contribution in [0.4, 0.5) is 0 Å². The van der Waals surface area contributed by atoms with Gasteiger partial charge in [-0.25, -0.2) is 0 Å². The summed E-state index contributed by atoms with van der Waals surface area (Å²) in [6.45, 7) is 6.68. The molecule has 1 aliphatic carbocycles. The summed E-state index contributed by atoms with van der Waals surface area (Å²) in [7, 11) is 0. The number of rotatable bonds is 6. The monoisotopic (exact) mass is 447 g/mol. The summed E-state index contributed by atoms with van der Waals surface area (Å²) in [6.07, 6.45) is 5.98. The first-order valence-corrected chi connectivity index (χ1v) is 11.5. The molecular formula is C25H35Cl2N3. The molecule has 1 saturated carbocycles. The molecule has 2 aromatic carbocycles. The SMILES string of the molecule is Cl.NC[C@]1(c2cccc(Cl)c2)CC[C@@H](N2CCN(CCc3ccccc3)CC2)CC1. The van der Waals surface area contributed by atoms with Crippen LogP contribution in [-0.2, 0) is 11.8 Å². The lowest BCUT2D eigenvalue weighted by atomic mass is 9.68. The zero-order valence-corrected chi connectivity index (χ0v) is 19.4. The first-order valence-electron chi connectivity index (χ1n) is 11.1. The number of piperazine rings is 1. The Morgan fingerprint density at radius 2 is 1.63 bits per heavy atom. The lowest BCUT2D eigenvalue weighted by Gasteiger charge is -2.46. The van der Waals surface area contributed by atoms with Crippen LogP contribution in [0.3, 0.4) is 0 Å². The molecule has 5 heteroatoms. The molecule has 0 bridgehead atoms. The standard InChI is InChI=1S/C25H34ClN3.ClH/c26-23-8-4-7-22(19-23)25(20-27)12-9-24(10-13-25)29-17-15-28(16-18-29)14-11-21-5-2-1-3-6-21;/h1-8,19,24H,9-18,20,27H2;1H/t24-,25+;. The molecule has 0 atom stereocenters. The molecule has 164 valence electrons.